The van der Waals surface area contributed by atoms with Gasteiger partial charge in [-0.25, -0.2) is 0 Å². The first-order valence-corrected chi connectivity index (χ1v) is 4.86. The van der Waals surface area contributed by atoms with Gasteiger partial charge in [0.25, 0.3) is 0 Å². The Bertz CT molecular complexity index is 316. The maximum absolute atomic E-state index is 6.08. The lowest BCUT2D eigenvalue weighted by molar-refractivity contribution is 0.737. The fourth-order valence-corrected chi connectivity index (χ4v) is 1.54. The van der Waals surface area contributed by atoms with Crippen molar-refractivity contribution in [3.63, 3.8) is 0 Å². The summed E-state index contributed by atoms with van der Waals surface area (Å²) in [6.07, 6.45) is 0. The van der Waals surface area contributed by atoms with Crippen molar-refractivity contribution in [2.24, 2.45) is 11.5 Å². The number of nitrogens with two attached hydrogens (primary N) is 2. The first-order valence-electron chi connectivity index (χ1n) is 4.48. The highest BCUT2D eigenvalue weighted by Gasteiger charge is 2.09. The van der Waals surface area contributed by atoms with E-state index < -0.39 is 0 Å². The lowest BCUT2D eigenvalue weighted by atomic mass is 10.1. The molecule has 86 valence electrons. The second kappa shape index (κ2) is 6.18. The lowest BCUT2D eigenvalue weighted by Crippen LogP contribution is -2.21. The summed E-state index contributed by atoms with van der Waals surface area (Å²) in [5, 5.41) is 0.675. The summed E-state index contributed by atoms with van der Waals surface area (Å²) in [6, 6.07) is 5.62. The van der Waals surface area contributed by atoms with E-state index in [4.69, 9.17) is 23.1 Å². The molecule has 0 amide bonds. The van der Waals surface area contributed by atoms with Crippen LogP contribution in [0.15, 0.2) is 18.2 Å². The summed E-state index contributed by atoms with van der Waals surface area (Å²) in [5.41, 5.74) is 13.2. The average molecular weight is 250 g/mol. The molecule has 5 heteroatoms. The van der Waals surface area contributed by atoms with E-state index in [9.17, 15) is 0 Å². The highest BCUT2D eigenvalue weighted by molar-refractivity contribution is 6.31. The van der Waals surface area contributed by atoms with E-state index in [1.807, 2.05) is 37.2 Å². The molecular weight excluding hydrogens is 233 g/mol. The maximum Gasteiger partial charge on any atom is 0.0474 e. The van der Waals surface area contributed by atoms with Gasteiger partial charge in [-0.15, -0.1) is 12.4 Å². The van der Waals surface area contributed by atoms with Crippen molar-refractivity contribution in [1.82, 2.24) is 0 Å². The average Bonchev–Trinajstić information content (AvgIpc) is 2.16. The van der Waals surface area contributed by atoms with E-state index >= 15 is 0 Å². The highest BCUT2D eigenvalue weighted by atomic mass is 35.5. The van der Waals surface area contributed by atoms with Crippen LogP contribution in [0.1, 0.15) is 11.6 Å². The third kappa shape index (κ3) is 3.54. The number of benzene rings is 1. The normalized spacial score (nSPS) is 11.8. The van der Waals surface area contributed by atoms with Crippen molar-refractivity contribution in [1.29, 1.82) is 0 Å². The Hall–Kier alpha value is -0.480. The van der Waals surface area contributed by atoms with Gasteiger partial charge in [0.2, 0.25) is 0 Å². The van der Waals surface area contributed by atoms with E-state index in [1.165, 1.54) is 0 Å². The molecule has 1 aromatic carbocycles. The van der Waals surface area contributed by atoms with Gasteiger partial charge in [-0.2, -0.15) is 0 Å². The number of hydrogen-bond acceptors (Lipinski definition) is 3. The van der Waals surface area contributed by atoms with Gasteiger partial charge in [0.05, 0.1) is 0 Å². The van der Waals surface area contributed by atoms with Crippen molar-refractivity contribution in [3.8, 4) is 0 Å². The minimum atomic E-state index is -0.182. The molecule has 15 heavy (non-hydrogen) atoms. The second-order valence-corrected chi connectivity index (χ2v) is 3.85. The van der Waals surface area contributed by atoms with Gasteiger partial charge in [-0.3, -0.25) is 0 Å². The molecule has 0 heterocycles. The Balaban J connectivity index is 0.00000196. The van der Waals surface area contributed by atoms with Crippen molar-refractivity contribution in [2.45, 2.75) is 6.04 Å². The number of anilines is 1. The quantitative estimate of drug-likeness (QED) is 0.859. The Morgan fingerprint density at radius 3 is 2.40 bits per heavy atom. The van der Waals surface area contributed by atoms with E-state index in [0.717, 1.165) is 11.3 Å². The van der Waals surface area contributed by atoms with Gasteiger partial charge in [-0.05, 0) is 17.7 Å². The third-order valence-electron chi connectivity index (χ3n) is 2.15. The second-order valence-electron chi connectivity index (χ2n) is 3.44. The van der Waals surface area contributed by atoms with E-state index in [0.29, 0.717) is 11.6 Å². The predicted molar refractivity (Wildman–Crippen MR) is 69.0 cm³/mol. The number of nitrogens with zero attached hydrogens (tertiary/aromatic N) is 1. The molecule has 4 N–H and O–H groups in total. The van der Waals surface area contributed by atoms with Crippen LogP contribution in [0.4, 0.5) is 5.69 Å². The number of rotatable bonds is 3. The number of hydrogen-bond donors (Lipinski definition) is 2. The fraction of sp³-hybridized carbons (Fsp3) is 0.400. The van der Waals surface area contributed by atoms with Crippen LogP contribution in [0.5, 0.6) is 0 Å². The molecule has 0 aliphatic heterocycles. The predicted octanol–water partition coefficient (Wildman–Crippen LogP) is 1.79. The largest absolute Gasteiger partial charge is 0.378 e. The van der Waals surface area contributed by atoms with Crippen LogP contribution < -0.4 is 16.4 Å². The SMILES string of the molecule is CN(C)c1ccc([C@@H](N)CN)c(Cl)c1.Cl. The summed E-state index contributed by atoms with van der Waals surface area (Å²) >= 11 is 6.08. The topological polar surface area (TPSA) is 55.3 Å². The minimum absolute atomic E-state index is 0. The smallest absolute Gasteiger partial charge is 0.0474 e. The third-order valence-corrected chi connectivity index (χ3v) is 2.48. The molecule has 0 aromatic heterocycles. The van der Waals surface area contributed by atoms with Crippen LogP contribution in [0.25, 0.3) is 0 Å². The molecule has 0 aliphatic rings. The molecule has 0 aliphatic carbocycles. The van der Waals surface area contributed by atoms with Crippen LogP contribution in [0, 0.1) is 0 Å². The molecule has 0 unspecified atom stereocenters. The Labute approximate surface area is 102 Å². The molecule has 0 saturated carbocycles. The first kappa shape index (κ1) is 14.5. The first-order chi connectivity index (χ1) is 6.56. The molecule has 1 atom stereocenters. The maximum atomic E-state index is 6.08. The van der Waals surface area contributed by atoms with Gasteiger partial charge >= 0.3 is 0 Å². The summed E-state index contributed by atoms with van der Waals surface area (Å²) in [5.74, 6) is 0. The van der Waals surface area contributed by atoms with Gasteiger partial charge in [0.1, 0.15) is 0 Å². The summed E-state index contributed by atoms with van der Waals surface area (Å²) in [6.45, 7) is 0.404. The Morgan fingerprint density at radius 1 is 1.40 bits per heavy atom. The molecule has 0 bridgehead atoms. The minimum Gasteiger partial charge on any atom is -0.378 e. The van der Waals surface area contributed by atoms with Crippen LogP contribution in [0.3, 0.4) is 0 Å². The summed E-state index contributed by atoms with van der Waals surface area (Å²) in [4.78, 5) is 1.99. The van der Waals surface area contributed by atoms with Crippen molar-refractivity contribution >= 4 is 29.7 Å². The fourth-order valence-electron chi connectivity index (χ4n) is 1.22. The summed E-state index contributed by atoms with van der Waals surface area (Å²) in [7, 11) is 3.93. The monoisotopic (exact) mass is 249 g/mol. The Kier molecular flexibility index (Phi) is 5.98. The Morgan fingerprint density at radius 2 is 2.00 bits per heavy atom. The molecule has 0 spiro atoms. The van der Waals surface area contributed by atoms with Crippen molar-refractivity contribution in [2.75, 3.05) is 25.5 Å². The van der Waals surface area contributed by atoms with Gasteiger partial charge in [-0.1, -0.05) is 17.7 Å². The molecule has 0 fully saturated rings. The van der Waals surface area contributed by atoms with Crippen LogP contribution in [-0.4, -0.2) is 20.6 Å². The molecule has 3 nitrogen and oxygen atoms in total. The van der Waals surface area contributed by atoms with Crippen LogP contribution in [-0.2, 0) is 0 Å². The standard InChI is InChI=1S/C10H16ClN3.ClH/c1-14(2)7-3-4-8(9(11)5-7)10(13)6-12;/h3-5,10H,6,12-13H2,1-2H3;1H/t10-;/m0./s1. The zero-order chi connectivity index (χ0) is 10.7. The van der Waals surface area contributed by atoms with E-state index in [1.54, 1.807) is 0 Å². The van der Waals surface area contributed by atoms with Crippen LogP contribution >= 0.6 is 24.0 Å². The van der Waals surface area contributed by atoms with Gasteiger partial charge < -0.3 is 16.4 Å². The lowest BCUT2D eigenvalue weighted by Gasteiger charge is -2.16. The van der Waals surface area contributed by atoms with Crippen LogP contribution in [0.2, 0.25) is 5.02 Å². The molecule has 1 aromatic rings. The van der Waals surface area contributed by atoms with Gasteiger partial charge in [0, 0.05) is 37.4 Å². The number of halogens is 2. The van der Waals surface area contributed by atoms with E-state index in [-0.39, 0.29) is 18.4 Å². The highest BCUT2D eigenvalue weighted by Crippen LogP contribution is 2.25. The molecule has 1 rings (SSSR count). The van der Waals surface area contributed by atoms with Gasteiger partial charge in [0.15, 0.2) is 0 Å². The molecular formula is C10H17Cl2N3. The van der Waals surface area contributed by atoms with E-state index in [2.05, 4.69) is 0 Å². The van der Waals surface area contributed by atoms with Crippen molar-refractivity contribution < 1.29 is 0 Å². The summed E-state index contributed by atoms with van der Waals surface area (Å²) < 4.78 is 0. The zero-order valence-electron chi connectivity index (χ0n) is 8.90. The zero-order valence-corrected chi connectivity index (χ0v) is 10.5. The van der Waals surface area contributed by atoms with Crippen molar-refractivity contribution in [3.05, 3.63) is 28.8 Å². The molecule has 0 radical (unpaired) electrons. The molecule has 0 saturated heterocycles.